The molecule has 0 fully saturated rings. The molecule has 0 spiro atoms. The van der Waals surface area contributed by atoms with Crippen LogP contribution < -0.4 is 5.73 Å². The van der Waals surface area contributed by atoms with Crippen molar-refractivity contribution in [3.8, 4) is 0 Å². The fourth-order valence-corrected chi connectivity index (χ4v) is 1.85. The molecular weight excluding hydrogens is 208 g/mol. The van der Waals surface area contributed by atoms with Crippen molar-refractivity contribution in [3.63, 3.8) is 0 Å². The second-order valence-electron chi connectivity index (χ2n) is 3.81. The number of nitrogens with two attached hydrogens (primary N) is 1. The third kappa shape index (κ3) is 2.28. The Hall–Kier alpha value is -1.12. The second kappa shape index (κ2) is 4.17. The Morgan fingerprint density at radius 3 is 2.87 bits per heavy atom. The van der Waals surface area contributed by atoms with Crippen molar-refractivity contribution in [2.75, 3.05) is 0 Å². The highest BCUT2D eigenvalue weighted by Gasteiger charge is 2.06. The minimum atomic E-state index is 0.102. The highest BCUT2D eigenvalue weighted by Crippen LogP contribution is 2.21. The van der Waals surface area contributed by atoms with Crippen molar-refractivity contribution in [1.29, 1.82) is 0 Å². The topological polar surface area (TPSA) is 38.9 Å². The van der Waals surface area contributed by atoms with Crippen LogP contribution in [0.15, 0.2) is 30.3 Å². The second-order valence-corrected chi connectivity index (χ2v) is 4.17. The Balaban J connectivity index is 2.52. The van der Waals surface area contributed by atoms with E-state index in [2.05, 4.69) is 11.1 Å². The molecule has 15 heavy (non-hydrogen) atoms. The van der Waals surface area contributed by atoms with Gasteiger partial charge in [0.1, 0.15) is 5.15 Å². The summed E-state index contributed by atoms with van der Waals surface area (Å²) in [5.41, 5.74) is 7.70. The number of nitrogens with zero attached hydrogens (tertiary/aromatic N) is 1. The van der Waals surface area contributed by atoms with Crippen LogP contribution in [0.2, 0.25) is 5.15 Å². The molecule has 2 rings (SSSR count). The van der Waals surface area contributed by atoms with Gasteiger partial charge in [0.15, 0.2) is 0 Å². The summed E-state index contributed by atoms with van der Waals surface area (Å²) in [7, 11) is 0. The van der Waals surface area contributed by atoms with Crippen LogP contribution >= 0.6 is 11.6 Å². The number of halogens is 1. The molecule has 3 heteroatoms. The van der Waals surface area contributed by atoms with Gasteiger partial charge < -0.3 is 5.73 Å². The number of fused-ring (bicyclic) bond motifs is 1. The zero-order chi connectivity index (χ0) is 10.8. The summed E-state index contributed by atoms with van der Waals surface area (Å²) in [6, 6.07) is 10.1. The van der Waals surface area contributed by atoms with Crippen LogP contribution in [0.5, 0.6) is 0 Å². The fourth-order valence-electron chi connectivity index (χ4n) is 1.63. The minimum absolute atomic E-state index is 0.102. The van der Waals surface area contributed by atoms with Gasteiger partial charge in [-0.05, 0) is 31.0 Å². The van der Waals surface area contributed by atoms with E-state index in [0.29, 0.717) is 5.15 Å². The average Bonchev–Trinajstić information content (AvgIpc) is 2.18. The predicted molar refractivity (Wildman–Crippen MR) is 64.1 cm³/mol. The molecule has 1 aromatic heterocycles. The van der Waals surface area contributed by atoms with E-state index in [-0.39, 0.29) is 6.04 Å². The van der Waals surface area contributed by atoms with Crippen LogP contribution in [0.3, 0.4) is 0 Å². The summed E-state index contributed by atoms with van der Waals surface area (Å²) in [6.07, 6.45) is 0.761. The summed E-state index contributed by atoms with van der Waals surface area (Å²) < 4.78 is 0. The lowest BCUT2D eigenvalue weighted by Gasteiger charge is -2.08. The van der Waals surface area contributed by atoms with E-state index in [1.54, 1.807) is 0 Å². The number of para-hydroxylation sites is 1. The van der Waals surface area contributed by atoms with E-state index in [4.69, 9.17) is 17.3 Å². The number of aromatic nitrogens is 1. The Morgan fingerprint density at radius 2 is 2.13 bits per heavy atom. The van der Waals surface area contributed by atoms with Gasteiger partial charge in [0, 0.05) is 11.4 Å². The van der Waals surface area contributed by atoms with Crippen molar-refractivity contribution in [3.05, 3.63) is 41.0 Å². The molecule has 1 unspecified atom stereocenters. The zero-order valence-corrected chi connectivity index (χ0v) is 9.33. The lowest BCUT2D eigenvalue weighted by Crippen LogP contribution is -2.18. The van der Waals surface area contributed by atoms with Crippen LogP contribution in [0.1, 0.15) is 12.5 Å². The number of hydrogen-bond acceptors (Lipinski definition) is 2. The van der Waals surface area contributed by atoms with Crippen LogP contribution in [0, 0.1) is 0 Å². The summed E-state index contributed by atoms with van der Waals surface area (Å²) in [4.78, 5) is 4.34. The summed E-state index contributed by atoms with van der Waals surface area (Å²) in [5.74, 6) is 0. The quantitative estimate of drug-likeness (QED) is 0.791. The molecule has 0 aliphatic heterocycles. The van der Waals surface area contributed by atoms with Crippen molar-refractivity contribution in [2.24, 2.45) is 5.73 Å². The Bertz CT molecular complexity index is 480. The molecule has 0 radical (unpaired) electrons. The molecule has 0 aliphatic rings. The Kier molecular flexibility index (Phi) is 2.89. The van der Waals surface area contributed by atoms with Gasteiger partial charge in [-0.1, -0.05) is 29.8 Å². The first kappa shape index (κ1) is 10.4. The van der Waals surface area contributed by atoms with Crippen LogP contribution in [-0.4, -0.2) is 11.0 Å². The van der Waals surface area contributed by atoms with Crippen molar-refractivity contribution in [1.82, 2.24) is 4.98 Å². The van der Waals surface area contributed by atoms with Gasteiger partial charge in [0.05, 0.1) is 5.52 Å². The minimum Gasteiger partial charge on any atom is -0.328 e. The first-order valence-electron chi connectivity index (χ1n) is 4.96. The smallest absolute Gasteiger partial charge is 0.133 e. The van der Waals surface area contributed by atoms with Gasteiger partial charge in [0.2, 0.25) is 0 Å². The van der Waals surface area contributed by atoms with Gasteiger partial charge in [-0.2, -0.15) is 0 Å². The van der Waals surface area contributed by atoms with Gasteiger partial charge in [-0.3, -0.25) is 0 Å². The molecule has 2 N–H and O–H groups in total. The molecule has 1 atom stereocenters. The van der Waals surface area contributed by atoms with E-state index in [1.165, 1.54) is 0 Å². The van der Waals surface area contributed by atoms with E-state index in [9.17, 15) is 0 Å². The van der Waals surface area contributed by atoms with Gasteiger partial charge >= 0.3 is 0 Å². The van der Waals surface area contributed by atoms with E-state index in [1.807, 2.05) is 31.2 Å². The summed E-state index contributed by atoms with van der Waals surface area (Å²) in [5, 5.41) is 1.67. The molecule has 0 amide bonds. The number of hydrogen-bond donors (Lipinski definition) is 1. The first-order valence-corrected chi connectivity index (χ1v) is 5.34. The van der Waals surface area contributed by atoms with Crippen LogP contribution in [0.25, 0.3) is 10.9 Å². The molecule has 0 saturated carbocycles. The highest BCUT2D eigenvalue weighted by atomic mass is 35.5. The average molecular weight is 221 g/mol. The first-order chi connectivity index (χ1) is 7.16. The highest BCUT2D eigenvalue weighted by molar-refractivity contribution is 6.30. The maximum absolute atomic E-state index is 6.08. The van der Waals surface area contributed by atoms with Crippen LogP contribution in [-0.2, 0) is 6.42 Å². The third-order valence-corrected chi connectivity index (χ3v) is 2.62. The fraction of sp³-hybridized carbons (Fsp3) is 0.250. The summed E-state index contributed by atoms with van der Waals surface area (Å²) >= 11 is 6.08. The molecule has 0 aliphatic carbocycles. The van der Waals surface area contributed by atoms with Crippen LogP contribution in [0.4, 0.5) is 0 Å². The molecule has 0 saturated heterocycles. The SMILES string of the molecule is CC(N)Cc1cc2ccccc2nc1Cl. The zero-order valence-electron chi connectivity index (χ0n) is 8.57. The number of rotatable bonds is 2. The van der Waals surface area contributed by atoms with Gasteiger partial charge in [-0.15, -0.1) is 0 Å². The third-order valence-electron chi connectivity index (χ3n) is 2.29. The summed E-state index contributed by atoms with van der Waals surface area (Å²) in [6.45, 7) is 1.96. The van der Waals surface area contributed by atoms with Crippen molar-refractivity contribution < 1.29 is 0 Å². The molecule has 2 nitrogen and oxygen atoms in total. The van der Waals surface area contributed by atoms with Gasteiger partial charge in [-0.25, -0.2) is 4.98 Å². The Labute approximate surface area is 94.1 Å². The maximum Gasteiger partial charge on any atom is 0.133 e. The lowest BCUT2D eigenvalue weighted by atomic mass is 10.1. The Morgan fingerprint density at radius 1 is 1.40 bits per heavy atom. The number of pyridine rings is 1. The molecule has 78 valence electrons. The predicted octanol–water partition coefficient (Wildman–Crippen LogP) is 2.78. The van der Waals surface area contributed by atoms with Gasteiger partial charge in [0.25, 0.3) is 0 Å². The van der Waals surface area contributed by atoms with Crippen molar-refractivity contribution >= 4 is 22.5 Å². The largest absolute Gasteiger partial charge is 0.328 e. The van der Waals surface area contributed by atoms with E-state index in [0.717, 1.165) is 22.9 Å². The monoisotopic (exact) mass is 220 g/mol. The lowest BCUT2D eigenvalue weighted by molar-refractivity contribution is 0.737. The van der Waals surface area contributed by atoms with Crippen molar-refractivity contribution in [2.45, 2.75) is 19.4 Å². The molecule has 0 bridgehead atoms. The normalized spacial score (nSPS) is 13.0. The standard InChI is InChI=1S/C12H13ClN2/c1-8(14)6-10-7-9-4-2-3-5-11(9)15-12(10)13/h2-5,7-8H,6,14H2,1H3. The maximum atomic E-state index is 6.08. The molecule has 1 heterocycles. The number of benzene rings is 1. The molecular formula is C12H13ClN2. The van der Waals surface area contributed by atoms with E-state index < -0.39 is 0 Å². The van der Waals surface area contributed by atoms with E-state index >= 15 is 0 Å². The molecule has 2 aromatic rings. The molecule has 1 aromatic carbocycles.